The molecule has 0 atom stereocenters. The van der Waals surface area contributed by atoms with Gasteiger partial charge in [0.2, 0.25) is 0 Å². The Morgan fingerprint density at radius 3 is 2.23 bits per heavy atom. The first-order valence-electron chi connectivity index (χ1n) is 12.8. The summed E-state index contributed by atoms with van der Waals surface area (Å²) in [6.45, 7) is 5.46. The van der Waals surface area contributed by atoms with Crippen molar-refractivity contribution in [1.82, 2.24) is 9.97 Å². The molecule has 1 aliphatic rings. The highest BCUT2D eigenvalue weighted by molar-refractivity contribution is 5.55. The van der Waals surface area contributed by atoms with Crippen LogP contribution in [0.15, 0.2) is 36.7 Å². The summed E-state index contributed by atoms with van der Waals surface area (Å²) in [6, 6.07) is 8.23. The Bertz CT molecular complexity index is 718. The van der Waals surface area contributed by atoms with Gasteiger partial charge in [0.15, 0.2) is 5.82 Å². The molecule has 3 nitrogen and oxygen atoms in total. The minimum absolute atomic E-state index is 0.796. The number of rotatable bonds is 13. The first-order valence-corrected chi connectivity index (χ1v) is 12.8. The quantitative estimate of drug-likeness (QED) is 0.306. The molecule has 0 radical (unpaired) electrons. The van der Waals surface area contributed by atoms with Gasteiger partial charge in [-0.3, -0.25) is 0 Å². The molecule has 1 aromatic carbocycles. The van der Waals surface area contributed by atoms with E-state index < -0.39 is 0 Å². The zero-order valence-corrected chi connectivity index (χ0v) is 19.8. The molecule has 1 saturated carbocycles. The van der Waals surface area contributed by atoms with Gasteiger partial charge in [0.1, 0.15) is 5.75 Å². The number of aryl methyl sites for hydroxylation is 1. The zero-order valence-electron chi connectivity index (χ0n) is 19.8. The molecule has 0 amide bonds. The van der Waals surface area contributed by atoms with Gasteiger partial charge < -0.3 is 4.74 Å². The Labute approximate surface area is 190 Å². The van der Waals surface area contributed by atoms with E-state index in [1.165, 1.54) is 76.2 Å². The summed E-state index contributed by atoms with van der Waals surface area (Å²) in [7, 11) is 0. The number of benzene rings is 1. The molecule has 1 fully saturated rings. The molecule has 3 heteroatoms. The van der Waals surface area contributed by atoms with Crippen LogP contribution in [0.1, 0.15) is 96.5 Å². The van der Waals surface area contributed by atoms with Crippen LogP contribution in [0.25, 0.3) is 11.4 Å². The maximum atomic E-state index is 5.97. The van der Waals surface area contributed by atoms with Gasteiger partial charge in [-0.25, -0.2) is 9.97 Å². The molecule has 0 aliphatic heterocycles. The van der Waals surface area contributed by atoms with E-state index in [9.17, 15) is 0 Å². The Balaban J connectivity index is 1.35. The monoisotopic (exact) mass is 422 g/mol. The smallest absolute Gasteiger partial charge is 0.159 e. The Morgan fingerprint density at radius 1 is 0.839 bits per heavy atom. The van der Waals surface area contributed by atoms with Gasteiger partial charge in [-0.15, -0.1) is 0 Å². The second kappa shape index (κ2) is 13.5. The van der Waals surface area contributed by atoms with Crippen LogP contribution in [-0.4, -0.2) is 16.6 Å². The van der Waals surface area contributed by atoms with Crippen molar-refractivity contribution in [3.63, 3.8) is 0 Å². The van der Waals surface area contributed by atoms with E-state index in [0.717, 1.165) is 48.4 Å². The van der Waals surface area contributed by atoms with Gasteiger partial charge in [0.25, 0.3) is 0 Å². The standard InChI is InChI=1S/C28H42N2O/c1-3-4-5-6-7-8-10-25-21-29-28(30-22-25)26-16-18-27(19-17-26)31-20-9-11-24-14-12-23(2)13-15-24/h16-19,21-24H,3-15,20H2,1-2H3. The largest absolute Gasteiger partial charge is 0.494 e. The fourth-order valence-electron chi connectivity index (χ4n) is 4.62. The maximum Gasteiger partial charge on any atom is 0.159 e. The third-order valence-corrected chi connectivity index (χ3v) is 6.80. The van der Waals surface area contributed by atoms with Crippen molar-refractivity contribution in [1.29, 1.82) is 0 Å². The Kier molecular flexibility index (Phi) is 10.3. The lowest BCUT2D eigenvalue weighted by Gasteiger charge is -2.25. The predicted octanol–water partition coefficient (Wildman–Crippen LogP) is 8.03. The summed E-state index contributed by atoms with van der Waals surface area (Å²) >= 11 is 0. The molecule has 1 aliphatic carbocycles. The van der Waals surface area contributed by atoms with Gasteiger partial charge in [-0.1, -0.05) is 71.6 Å². The lowest BCUT2D eigenvalue weighted by Crippen LogP contribution is -2.13. The van der Waals surface area contributed by atoms with E-state index in [-0.39, 0.29) is 0 Å². The van der Waals surface area contributed by atoms with Gasteiger partial charge in [-0.05, 0) is 67.3 Å². The number of hydrogen-bond acceptors (Lipinski definition) is 3. The number of nitrogens with zero attached hydrogens (tertiary/aromatic N) is 2. The lowest BCUT2D eigenvalue weighted by atomic mass is 9.81. The highest BCUT2D eigenvalue weighted by Gasteiger charge is 2.17. The molecular weight excluding hydrogens is 380 g/mol. The summed E-state index contributed by atoms with van der Waals surface area (Å²) < 4.78 is 5.97. The molecule has 2 aromatic rings. The summed E-state index contributed by atoms with van der Waals surface area (Å²) in [5, 5.41) is 0. The molecule has 170 valence electrons. The van der Waals surface area contributed by atoms with Crippen LogP contribution in [0, 0.1) is 11.8 Å². The van der Waals surface area contributed by atoms with E-state index in [1.807, 2.05) is 24.5 Å². The number of hydrogen-bond donors (Lipinski definition) is 0. The molecule has 1 aromatic heterocycles. The van der Waals surface area contributed by atoms with Gasteiger partial charge >= 0.3 is 0 Å². The van der Waals surface area contributed by atoms with Crippen LogP contribution in [0.5, 0.6) is 5.75 Å². The lowest BCUT2D eigenvalue weighted by molar-refractivity contribution is 0.245. The second-order valence-electron chi connectivity index (χ2n) is 9.57. The van der Waals surface area contributed by atoms with Gasteiger partial charge in [-0.2, -0.15) is 0 Å². The van der Waals surface area contributed by atoms with Crippen molar-refractivity contribution in [2.24, 2.45) is 11.8 Å². The van der Waals surface area contributed by atoms with E-state index in [1.54, 1.807) is 0 Å². The minimum atomic E-state index is 0.796. The molecule has 0 spiro atoms. The van der Waals surface area contributed by atoms with Crippen LogP contribution in [0.2, 0.25) is 0 Å². The molecule has 0 saturated heterocycles. The van der Waals surface area contributed by atoms with Crippen molar-refractivity contribution < 1.29 is 4.74 Å². The average Bonchev–Trinajstić information content (AvgIpc) is 2.81. The van der Waals surface area contributed by atoms with E-state index >= 15 is 0 Å². The van der Waals surface area contributed by atoms with Crippen LogP contribution < -0.4 is 4.74 Å². The maximum absolute atomic E-state index is 5.97. The van der Waals surface area contributed by atoms with Crippen LogP contribution in [-0.2, 0) is 6.42 Å². The summed E-state index contributed by atoms with van der Waals surface area (Å²) in [5.41, 5.74) is 2.29. The van der Waals surface area contributed by atoms with Crippen LogP contribution in [0.4, 0.5) is 0 Å². The first kappa shape index (κ1) is 23.8. The highest BCUT2D eigenvalue weighted by Crippen LogP contribution is 2.31. The van der Waals surface area contributed by atoms with Crippen molar-refractivity contribution in [2.75, 3.05) is 6.61 Å². The number of ether oxygens (including phenoxy) is 1. The molecule has 0 N–H and O–H groups in total. The minimum Gasteiger partial charge on any atom is -0.494 e. The Hall–Kier alpha value is -1.90. The van der Waals surface area contributed by atoms with Crippen molar-refractivity contribution in [3.05, 3.63) is 42.2 Å². The third kappa shape index (κ3) is 8.63. The van der Waals surface area contributed by atoms with E-state index in [2.05, 4.69) is 35.9 Å². The third-order valence-electron chi connectivity index (χ3n) is 6.80. The van der Waals surface area contributed by atoms with Crippen LogP contribution in [0.3, 0.4) is 0 Å². The SMILES string of the molecule is CCCCCCCCc1cnc(-c2ccc(OCCCC3CCC(C)CC3)cc2)nc1. The fraction of sp³-hybridized carbons (Fsp3) is 0.643. The Morgan fingerprint density at radius 2 is 1.52 bits per heavy atom. The molecule has 1 heterocycles. The second-order valence-corrected chi connectivity index (χ2v) is 9.57. The summed E-state index contributed by atoms with van der Waals surface area (Å²) in [4.78, 5) is 9.17. The molecule has 31 heavy (non-hydrogen) atoms. The highest BCUT2D eigenvalue weighted by atomic mass is 16.5. The van der Waals surface area contributed by atoms with Crippen molar-refractivity contribution >= 4 is 0 Å². The van der Waals surface area contributed by atoms with Gasteiger partial charge in [0.05, 0.1) is 6.61 Å². The fourth-order valence-corrected chi connectivity index (χ4v) is 4.62. The molecule has 3 rings (SSSR count). The molecular formula is C28H42N2O. The van der Waals surface area contributed by atoms with Crippen LogP contribution >= 0.6 is 0 Å². The zero-order chi connectivity index (χ0) is 21.7. The average molecular weight is 423 g/mol. The normalized spacial score (nSPS) is 18.8. The predicted molar refractivity (Wildman–Crippen MR) is 130 cm³/mol. The number of aromatic nitrogens is 2. The van der Waals surface area contributed by atoms with Crippen molar-refractivity contribution in [2.45, 2.75) is 97.3 Å². The summed E-state index contributed by atoms with van der Waals surface area (Å²) in [5.74, 6) is 3.60. The van der Waals surface area contributed by atoms with E-state index in [4.69, 9.17) is 4.74 Å². The topological polar surface area (TPSA) is 35.0 Å². The molecule has 0 bridgehead atoms. The van der Waals surface area contributed by atoms with E-state index in [0.29, 0.717) is 0 Å². The number of unbranched alkanes of at least 4 members (excludes halogenated alkanes) is 5. The van der Waals surface area contributed by atoms with Gasteiger partial charge in [0, 0.05) is 18.0 Å². The molecule has 0 unspecified atom stereocenters. The summed E-state index contributed by atoms with van der Waals surface area (Å²) in [6.07, 6.45) is 21.1. The van der Waals surface area contributed by atoms with Crippen molar-refractivity contribution in [3.8, 4) is 17.1 Å². The first-order chi connectivity index (χ1) is 15.2.